The van der Waals surface area contributed by atoms with Crippen LogP contribution in [0.5, 0.6) is 0 Å². The zero-order valence-corrected chi connectivity index (χ0v) is 16.6. The number of aryl methyl sites for hydroxylation is 2. The number of thiazole rings is 1. The van der Waals surface area contributed by atoms with E-state index in [1.165, 1.54) is 10.4 Å². The fraction of sp³-hybridized carbons (Fsp3) is 0.500. The zero-order valence-electron chi connectivity index (χ0n) is 15.8. The highest BCUT2D eigenvalue weighted by Crippen LogP contribution is 2.33. The number of aliphatic imine (C=N–C) groups is 1. The maximum Gasteiger partial charge on any atom is 0.191 e. The number of nitrogens with one attached hydrogen (secondary N) is 2. The monoisotopic (exact) mass is 372 g/mol. The van der Waals surface area contributed by atoms with Gasteiger partial charge in [0.2, 0.25) is 0 Å². The lowest BCUT2D eigenvalue weighted by Gasteiger charge is -2.32. The van der Waals surface area contributed by atoms with Gasteiger partial charge in [-0.3, -0.25) is 4.99 Å². The molecule has 2 heterocycles. The largest absolute Gasteiger partial charge is 0.373 e. The van der Waals surface area contributed by atoms with Crippen molar-refractivity contribution in [3.8, 4) is 0 Å². The molecule has 6 heteroatoms. The van der Waals surface area contributed by atoms with E-state index in [2.05, 4.69) is 57.9 Å². The van der Waals surface area contributed by atoms with Gasteiger partial charge in [0.05, 0.1) is 23.4 Å². The van der Waals surface area contributed by atoms with Gasteiger partial charge in [-0.25, -0.2) is 4.98 Å². The second-order valence-corrected chi connectivity index (χ2v) is 7.94. The van der Waals surface area contributed by atoms with Gasteiger partial charge in [-0.2, -0.15) is 0 Å². The van der Waals surface area contributed by atoms with E-state index in [1.54, 1.807) is 11.3 Å². The fourth-order valence-corrected chi connectivity index (χ4v) is 4.29. The quantitative estimate of drug-likeness (QED) is 0.622. The first-order chi connectivity index (χ1) is 12.7. The van der Waals surface area contributed by atoms with Crippen molar-refractivity contribution < 1.29 is 4.74 Å². The minimum absolute atomic E-state index is 0.155. The first-order valence-corrected chi connectivity index (χ1v) is 10.0. The summed E-state index contributed by atoms with van der Waals surface area (Å²) in [6.07, 6.45) is 2.43. The molecule has 3 rings (SSSR count). The maximum atomic E-state index is 6.08. The van der Waals surface area contributed by atoms with Crippen LogP contribution in [0.15, 0.2) is 35.3 Å². The average Bonchev–Trinajstić information content (AvgIpc) is 3.00. The fourth-order valence-electron chi connectivity index (χ4n) is 3.41. The second-order valence-electron chi connectivity index (χ2n) is 6.65. The molecule has 2 aromatic rings. The number of guanidine groups is 1. The maximum absolute atomic E-state index is 6.08. The van der Waals surface area contributed by atoms with Crippen molar-refractivity contribution in [2.24, 2.45) is 10.9 Å². The first kappa shape index (κ1) is 18.9. The van der Waals surface area contributed by atoms with Gasteiger partial charge in [-0.05, 0) is 32.3 Å². The third kappa shape index (κ3) is 4.83. The summed E-state index contributed by atoms with van der Waals surface area (Å²) in [7, 11) is 1.81. The summed E-state index contributed by atoms with van der Waals surface area (Å²) in [5.41, 5.74) is 2.36. The standard InChI is InChI=1S/C20H28N4OS/c1-14-18(26-15(2)24-14)13-23-20(21-3)22-12-17-10-7-11-25-19(17)16-8-5-4-6-9-16/h4-6,8-9,17,19H,7,10-13H2,1-3H3,(H2,21,22,23). The van der Waals surface area contributed by atoms with Crippen molar-refractivity contribution in [2.75, 3.05) is 20.2 Å². The molecule has 1 saturated heterocycles. The summed E-state index contributed by atoms with van der Waals surface area (Å²) in [6.45, 7) is 6.54. The normalized spacial score (nSPS) is 20.8. The summed E-state index contributed by atoms with van der Waals surface area (Å²) in [4.78, 5) is 10.1. The van der Waals surface area contributed by atoms with Gasteiger partial charge >= 0.3 is 0 Å². The molecule has 26 heavy (non-hydrogen) atoms. The molecule has 0 spiro atoms. The smallest absolute Gasteiger partial charge is 0.191 e. The van der Waals surface area contributed by atoms with Gasteiger partial charge in [0, 0.05) is 31.0 Å². The van der Waals surface area contributed by atoms with Crippen LogP contribution in [0.4, 0.5) is 0 Å². The third-order valence-electron chi connectivity index (χ3n) is 4.74. The van der Waals surface area contributed by atoms with Crippen molar-refractivity contribution in [2.45, 2.75) is 39.3 Å². The minimum atomic E-state index is 0.155. The van der Waals surface area contributed by atoms with Crippen LogP contribution in [-0.4, -0.2) is 31.1 Å². The van der Waals surface area contributed by atoms with E-state index in [0.717, 1.165) is 49.2 Å². The van der Waals surface area contributed by atoms with E-state index < -0.39 is 0 Å². The van der Waals surface area contributed by atoms with Crippen LogP contribution < -0.4 is 10.6 Å². The Kier molecular flexibility index (Phi) is 6.63. The first-order valence-electron chi connectivity index (χ1n) is 9.21. The molecule has 1 fully saturated rings. The summed E-state index contributed by atoms with van der Waals surface area (Å²) >= 11 is 1.73. The number of aromatic nitrogens is 1. The number of hydrogen-bond acceptors (Lipinski definition) is 4. The highest BCUT2D eigenvalue weighted by molar-refractivity contribution is 7.11. The van der Waals surface area contributed by atoms with Crippen molar-refractivity contribution in [1.82, 2.24) is 15.6 Å². The Balaban J connectivity index is 1.56. The molecule has 1 aliphatic heterocycles. The molecule has 0 bridgehead atoms. The molecule has 0 aliphatic carbocycles. The van der Waals surface area contributed by atoms with Crippen molar-refractivity contribution in [3.05, 3.63) is 51.5 Å². The van der Waals surface area contributed by atoms with E-state index in [9.17, 15) is 0 Å². The number of rotatable bonds is 5. The molecule has 0 saturated carbocycles. The molecule has 1 aromatic heterocycles. The van der Waals surface area contributed by atoms with Gasteiger partial charge < -0.3 is 15.4 Å². The predicted octanol–water partition coefficient (Wildman–Crippen LogP) is 3.59. The van der Waals surface area contributed by atoms with Crippen LogP contribution in [0.25, 0.3) is 0 Å². The number of ether oxygens (including phenoxy) is 1. The van der Waals surface area contributed by atoms with Gasteiger partial charge in [0.25, 0.3) is 0 Å². The van der Waals surface area contributed by atoms with Crippen LogP contribution >= 0.6 is 11.3 Å². The highest BCUT2D eigenvalue weighted by atomic mass is 32.1. The molecular formula is C20H28N4OS. The van der Waals surface area contributed by atoms with Gasteiger partial charge in [-0.1, -0.05) is 30.3 Å². The van der Waals surface area contributed by atoms with Crippen LogP contribution in [0.3, 0.4) is 0 Å². The summed E-state index contributed by atoms with van der Waals surface area (Å²) in [5.74, 6) is 1.27. The third-order valence-corrected chi connectivity index (χ3v) is 5.82. The summed E-state index contributed by atoms with van der Waals surface area (Å²) in [6, 6.07) is 10.5. The van der Waals surface area contributed by atoms with Gasteiger partial charge in [-0.15, -0.1) is 11.3 Å². The van der Waals surface area contributed by atoms with Crippen LogP contribution in [0.2, 0.25) is 0 Å². The van der Waals surface area contributed by atoms with Crippen LogP contribution in [0, 0.1) is 19.8 Å². The summed E-state index contributed by atoms with van der Waals surface area (Å²) in [5, 5.41) is 7.99. The van der Waals surface area contributed by atoms with E-state index in [4.69, 9.17) is 4.74 Å². The number of nitrogens with zero attached hydrogens (tertiary/aromatic N) is 2. The Hall–Kier alpha value is -1.92. The van der Waals surface area contributed by atoms with Gasteiger partial charge in [0.15, 0.2) is 5.96 Å². The molecule has 1 aliphatic rings. The molecular weight excluding hydrogens is 344 g/mol. The van der Waals surface area contributed by atoms with Crippen LogP contribution in [-0.2, 0) is 11.3 Å². The molecule has 140 valence electrons. The SMILES string of the molecule is CN=C(NCc1sc(C)nc1C)NCC1CCCOC1c1ccccc1. The van der Waals surface area contributed by atoms with E-state index >= 15 is 0 Å². The molecule has 0 amide bonds. The lowest BCUT2D eigenvalue weighted by atomic mass is 9.89. The molecule has 2 unspecified atom stereocenters. The van der Waals surface area contributed by atoms with E-state index in [-0.39, 0.29) is 6.10 Å². The number of hydrogen-bond donors (Lipinski definition) is 2. The Morgan fingerprint density at radius 3 is 2.77 bits per heavy atom. The van der Waals surface area contributed by atoms with E-state index in [1.807, 2.05) is 14.0 Å². The van der Waals surface area contributed by atoms with Crippen LogP contribution in [0.1, 0.15) is 40.1 Å². The Bertz CT molecular complexity index is 729. The predicted molar refractivity (Wildman–Crippen MR) is 108 cm³/mol. The molecule has 0 radical (unpaired) electrons. The second kappa shape index (κ2) is 9.14. The Morgan fingerprint density at radius 2 is 2.08 bits per heavy atom. The molecule has 2 N–H and O–H groups in total. The Morgan fingerprint density at radius 1 is 1.27 bits per heavy atom. The number of benzene rings is 1. The molecule has 2 atom stereocenters. The minimum Gasteiger partial charge on any atom is -0.373 e. The lowest BCUT2D eigenvalue weighted by molar-refractivity contribution is -0.0265. The average molecular weight is 373 g/mol. The van der Waals surface area contributed by atoms with Crippen molar-refractivity contribution >= 4 is 17.3 Å². The summed E-state index contributed by atoms with van der Waals surface area (Å²) < 4.78 is 6.08. The Labute approximate surface area is 159 Å². The highest BCUT2D eigenvalue weighted by Gasteiger charge is 2.27. The zero-order chi connectivity index (χ0) is 18.4. The van der Waals surface area contributed by atoms with Crippen molar-refractivity contribution in [1.29, 1.82) is 0 Å². The topological polar surface area (TPSA) is 58.5 Å². The van der Waals surface area contributed by atoms with Gasteiger partial charge in [0.1, 0.15) is 0 Å². The molecule has 5 nitrogen and oxygen atoms in total. The van der Waals surface area contributed by atoms with E-state index in [0.29, 0.717) is 5.92 Å². The lowest BCUT2D eigenvalue weighted by Crippen LogP contribution is -2.41. The molecule has 1 aromatic carbocycles. The van der Waals surface area contributed by atoms with Crippen molar-refractivity contribution in [3.63, 3.8) is 0 Å².